The van der Waals surface area contributed by atoms with Gasteiger partial charge in [-0.05, 0) is 13.0 Å². The Bertz CT molecular complexity index is 391. The van der Waals surface area contributed by atoms with Gasteiger partial charge in [0.25, 0.3) is 5.91 Å². The van der Waals surface area contributed by atoms with Crippen LogP contribution in [0.4, 0.5) is 5.13 Å². The Hall–Kier alpha value is -1.25. The van der Waals surface area contributed by atoms with E-state index in [4.69, 9.17) is 10.5 Å². The molecule has 8 heteroatoms. The normalized spacial score (nSPS) is 16.7. The number of nitrogens with zero attached hydrogens (tertiary/aromatic N) is 3. The van der Waals surface area contributed by atoms with Crippen molar-refractivity contribution in [3.63, 3.8) is 0 Å². The molecular weight excluding hydrogens is 254 g/mol. The van der Waals surface area contributed by atoms with E-state index in [0.717, 1.165) is 50.6 Å². The monoisotopic (exact) mass is 271 g/mol. The number of morpholine rings is 1. The summed E-state index contributed by atoms with van der Waals surface area (Å²) in [5.41, 5.74) is 5.42. The van der Waals surface area contributed by atoms with E-state index >= 15 is 0 Å². The van der Waals surface area contributed by atoms with Gasteiger partial charge in [-0.25, -0.2) is 0 Å². The summed E-state index contributed by atoms with van der Waals surface area (Å²) in [4.78, 5) is 13.9. The van der Waals surface area contributed by atoms with Gasteiger partial charge in [0.1, 0.15) is 0 Å². The van der Waals surface area contributed by atoms with Crippen molar-refractivity contribution in [1.82, 2.24) is 20.4 Å². The zero-order chi connectivity index (χ0) is 12.8. The Balaban J connectivity index is 1.61. The van der Waals surface area contributed by atoms with Crippen LogP contribution in [0.2, 0.25) is 0 Å². The number of nitrogen functional groups attached to an aromatic ring is 1. The second-order valence-corrected chi connectivity index (χ2v) is 5.02. The molecule has 1 fully saturated rings. The van der Waals surface area contributed by atoms with Crippen LogP contribution < -0.4 is 11.1 Å². The smallest absolute Gasteiger partial charge is 0.282 e. The van der Waals surface area contributed by atoms with Gasteiger partial charge in [0.05, 0.1) is 13.2 Å². The Kier molecular flexibility index (Phi) is 4.85. The van der Waals surface area contributed by atoms with Crippen molar-refractivity contribution in [3.8, 4) is 0 Å². The number of anilines is 1. The Labute approximate surface area is 109 Å². The highest BCUT2D eigenvalue weighted by atomic mass is 32.1. The van der Waals surface area contributed by atoms with Gasteiger partial charge in [-0.1, -0.05) is 11.3 Å². The third-order valence-corrected chi connectivity index (χ3v) is 3.43. The zero-order valence-electron chi connectivity index (χ0n) is 10.1. The second kappa shape index (κ2) is 6.62. The van der Waals surface area contributed by atoms with E-state index in [1.807, 2.05) is 0 Å². The summed E-state index contributed by atoms with van der Waals surface area (Å²) in [6, 6.07) is 0. The maximum atomic E-state index is 11.6. The van der Waals surface area contributed by atoms with E-state index in [1.54, 1.807) is 0 Å². The average molecular weight is 271 g/mol. The minimum absolute atomic E-state index is 0.203. The standard InChI is InChI=1S/C10H17N5O2S/c11-10-14-13-9(18-10)8(16)12-2-1-3-15-4-6-17-7-5-15/h1-7H2,(H2,11,14)(H,12,16). The van der Waals surface area contributed by atoms with Crippen molar-refractivity contribution < 1.29 is 9.53 Å². The molecule has 1 aliphatic rings. The largest absolute Gasteiger partial charge is 0.379 e. The fourth-order valence-electron chi connectivity index (χ4n) is 1.73. The van der Waals surface area contributed by atoms with Crippen molar-refractivity contribution in [2.75, 3.05) is 45.1 Å². The van der Waals surface area contributed by atoms with Crippen LogP contribution in [0, 0.1) is 0 Å². The van der Waals surface area contributed by atoms with Crippen LogP contribution in [-0.4, -0.2) is 60.4 Å². The molecule has 1 aromatic rings. The zero-order valence-corrected chi connectivity index (χ0v) is 10.9. The Morgan fingerprint density at radius 2 is 2.22 bits per heavy atom. The maximum Gasteiger partial charge on any atom is 0.282 e. The average Bonchev–Trinajstić information content (AvgIpc) is 2.82. The molecule has 100 valence electrons. The number of hydrogen-bond acceptors (Lipinski definition) is 7. The summed E-state index contributed by atoms with van der Waals surface area (Å²) in [5.74, 6) is -0.203. The van der Waals surface area contributed by atoms with Gasteiger partial charge in [-0.3, -0.25) is 9.69 Å². The Morgan fingerprint density at radius 3 is 2.89 bits per heavy atom. The summed E-state index contributed by atoms with van der Waals surface area (Å²) < 4.78 is 5.27. The molecule has 3 N–H and O–H groups in total. The van der Waals surface area contributed by atoms with Crippen molar-refractivity contribution in [2.45, 2.75) is 6.42 Å². The molecule has 2 heterocycles. The van der Waals surface area contributed by atoms with E-state index in [1.165, 1.54) is 0 Å². The Morgan fingerprint density at radius 1 is 1.44 bits per heavy atom. The highest BCUT2D eigenvalue weighted by molar-refractivity contribution is 7.16. The molecular formula is C10H17N5O2S. The summed E-state index contributed by atoms with van der Waals surface area (Å²) >= 11 is 1.10. The molecule has 0 spiro atoms. The number of aromatic nitrogens is 2. The molecule has 0 unspecified atom stereocenters. The van der Waals surface area contributed by atoms with Crippen LogP contribution in [-0.2, 0) is 4.74 Å². The van der Waals surface area contributed by atoms with Gasteiger partial charge in [-0.2, -0.15) is 0 Å². The van der Waals surface area contributed by atoms with E-state index < -0.39 is 0 Å². The number of carbonyl (C=O) groups excluding carboxylic acids is 1. The van der Waals surface area contributed by atoms with E-state index in [-0.39, 0.29) is 5.91 Å². The lowest BCUT2D eigenvalue weighted by Gasteiger charge is -2.26. The van der Waals surface area contributed by atoms with Crippen LogP contribution in [0.5, 0.6) is 0 Å². The molecule has 0 saturated carbocycles. The van der Waals surface area contributed by atoms with Gasteiger partial charge in [0, 0.05) is 19.6 Å². The van der Waals surface area contributed by atoms with Crippen LogP contribution in [0.1, 0.15) is 16.2 Å². The first-order valence-electron chi connectivity index (χ1n) is 5.93. The fraction of sp³-hybridized carbons (Fsp3) is 0.700. The summed E-state index contributed by atoms with van der Waals surface area (Å²) in [6.07, 6.45) is 0.917. The predicted octanol–water partition coefficient (Wildman–Crippen LogP) is -0.428. The summed E-state index contributed by atoms with van der Waals surface area (Å²) in [6.45, 7) is 5.16. The van der Waals surface area contributed by atoms with Crippen molar-refractivity contribution in [3.05, 3.63) is 5.01 Å². The molecule has 0 atom stereocenters. The highest BCUT2D eigenvalue weighted by Crippen LogP contribution is 2.10. The number of ether oxygens (including phenoxy) is 1. The van der Waals surface area contributed by atoms with Crippen LogP contribution in [0.25, 0.3) is 0 Å². The van der Waals surface area contributed by atoms with Gasteiger partial charge in [-0.15, -0.1) is 10.2 Å². The fourth-order valence-corrected chi connectivity index (χ4v) is 2.26. The molecule has 1 aromatic heterocycles. The maximum absolute atomic E-state index is 11.6. The molecule has 18 heavy (non-hydrogen) atoms. The van der Waals surface area contributed by atoms with Gasteiger partial charge >= 0.3 is 0 Å². The molecule has 0 aromatic carbocycles. The third-order valence-electron chi connectivity index (χ3n) is 2.68. The highest BCUT2D eigenvalue weighted by Gasteiger charge is 2.12. The molecule has 1 amide bonds. The van der Waals surface area contributed by atoms with Crippen LogP contribution in [0.3, 0.4) is 0 Å². The number of amides is 1. The lowest BCUT2D eigenvalue weighted by molar-refractivity contribution is 0.0374. The van der Waals surface area contributed by atoms with Crippen molar-refractivity contribution in [1.29, 1.82) is 0 Å². The number of carbonyl (C=O) groups is 1. The van der Waals surface area contributed by atoms with E-state index in [2.05, 4.69) is 20.4 Å². The predicted molar refractivity (Wildman–Crippen MR) is 68.5 cm³/mol. The number of hydrogen-bond donors (Lipinski definition) is 2. The summed E-state index contributed by atoms with van der Waals surface area (Å²) in [5, 5.41) is 10.7. The van der Waals surface area contributed by atoms with Gasteiger partial charge in [0.2, 0.25) is 10.1 Å². The van der Waals surface area contributed by atoms with E-state index in [0.29, 0.717) is 16.7 Å². The summed E-state index contributed by atoms with van der Waals surface area (Å²) in [7, 11) is 0. The molecule has 1 saturated heterocycles. The quantitative estimate of drug-likeness (QED) is 0.706. The molecule has 0 bridgehead atoms. The van der Waals surface area contributed by atoms with E-state index in [9.17, 15) is 4.79 Å². The lowest BCUT2D eigenvalue weighted by atomic mass is 10.3. The topological polar surface area (TPSA) is 93.4 Å². The molecule has 7 nitrogen and oxygen atoms in total. The van der Waals surface area contributed by atoms with Gasteiger partial charge < -0.3 is 15.8 Å². The number of nitrogens with one attached hydrogen (secondary N) is 1. The minimum Gasteiger partial charge on any atom is -0.379 e. The van der Waals surface area contributed by atoms with Crippen molar-refractivity contribution in [2.24, 2.45) is 0 Å². The molecule has 2 rings (SSSR count). The SMILES string of the molecule is Nc1nnc(C(=O)NCCCN2CCOCC2)s1. The lowest BCUT2D eigenvalue weighted by Crippen LogP contribution is -2.38. The number of nitrogens with two attached hydrogens (primary N) is 1. The molecule has 0 radical (unpaired) electrons. The van der Waals surface area contributed by atoms with Crippen molar-refractivity contribution >= 4 is 22.4 Å². The first-order chi connectivity index (χ1) is 8.75. The van der Waals surface area contributed by atoms with Crippen LogP contribution in [0.15, 0.2) is 0 Å². The minimum atomic E-state index is -0.203. The first kappa shape index (κ1) is 13.2. The number of rotatable bonds is 5. The van der Waals surface area contributed by atoms with Crippen LogP contribution >= 0.6 is 11.3 Å². The molecule has 1 aliphatic heterocycles. The molecule has 0 aliphatic carbocycles. The van der Waals surface area contributed by atoms with Gasteiger partial charge in [0.15, 0.2) is 0 Å². The second-order valence-electron chi connectivity index (χ2n) is 4.01. The first-order valence-corrected chi connectivity index (χ1v) is 6.74. The third kappa shape index (κ3) is 3.90.